The third-order valence-corrected chi connectivity index (χ3v) is 5.33. The van der Waals surface area contributed by atoms with Crippen LogP contribution in [0.1, 0.15) is 29.7 Å². The Kier molecular flexibility index (Phi) is 6.58. The van der Waals surface area contributed by atoms with E-state index in [1.54, 1.807) is 13.3 Å². The summed E-state index contributed by atoms with van der Waals surface area (Å²) in [5.74, 6) is 0.587. The standard InChI is InChI=1S/C20H26N4O2S/c1-14-15(2)21-9-6-16(14)13-26-18-7-10-24(11-8-18)20(27)23-17-4-5-19(25-3)22-12-17/h4-6,9,12,18H,7-8,10-11,13H2,1-3H3,(H,23,27). The molecule has 0 spiro atoms. The maximum absolute atomic E-state index is 6.13. The van der Waals surface area contributed by atoms with Gasteiger partial charge in [0.05, 0.1) is 31.7 Å². The fraction of sp³-hybridized carbons (Fsp3) is 0.450. The quantitative estimate of drug-likeness (QED) is 0.790. The van der Waals surface area contributed by atoms with Gasteiger partial charge in [-0.05, 0) is 62.2 Å². The normalized spacial score (nSPS) is 14.9. The molecule has 0 saturated carbocycles. The number of aromatic nitrogens is 2. The zero-order valence-corrected chi connectivity index (χ0v) is 16.9. The maximum Gasteiger partial charge on any atom is 0.213 e. The Morgan fingerprint density at radius 3 is 2.67 bits per heavy atom. The number of hydrogen-bond donors (Lipinski definition) is 1. The van der Waals surface area contributed by atoms with Crippen LogP contribution in [0.4, 0.5) is 5.69 Å². The minimum atomic E-state index is 0.263. The molecule has 1 aliphatic heterocycles. The number of ether oxygens (including phenoxy) is 2. The van der Waals surface area contributed by atoms with Crippen molar-refractivity contribution >= 4 is 23.0 Å². The smallest absolute Gasteiger partial charge is 0.213 e. The topological polar surface area (TPSA) is 59.5 Å². The van der Waals surface area contributed by atoms with Crippen LogP contribution in [0.5, 0.6) is 5.88 Å². The van der Waals surface area contributed by atoms with Crippen molar-refractivity contribution in [2.75, 3.05) is 25.5 Å². The van der Waals surface area contributed by atoms with E-state index in [4.69, 9.17) is 21.7 Å². The van der Waals surface area contributed by atoms with Gasteiger partial charge in [-0.1, -0.05) is 0 Å². The van der Waals surface area contributed by atoms with Crippen LogP contribution in [0.3, 0.4) is 0 Å². The molecule has 0 radical (unpaired) electrons. The lowest BCUT2D eigenvalue weighted by Gasteiger charge is -2.33. The lowest BCUT2D eigenvalue weighted by Crippen LogP contribution is -2.42. The number of nitrogens with one attached hydrogen (secondary N) is 1. The molecule has 0 atom stereocenters. The summed E-state index contributed by atoms with van der Waals surface area (Å²) in [7, 11) is 1.60. The number of rotatable bonds is 5. The average molecular weight is 387 g/mol. The zero-order valence-electron chi connectivity index (χ0n) is 16.1. The predicted octanol–water partition coefficient (Wildman–Crippen LogP) is 3.48. The molecule has 0 amide bonds. The Balaban J connectivity index is 1.45. The van der Waals surface area contributed by atoms with Gasteiger partial charge < -0.3 is 19.7 Å². The number of anilines is 1. The van der Waals surface area contributed by atoms with E-state index in [1.165, 1.54) is 11.1 Å². The number of likely N-dealkylation sites (tertiary alicyclic amines) is 1. The Labute approximate surface area is 165 Å². The van der Waals surface area contributed by atoms with Crippen molar-refractivity contribution in [2.45, 2.75) is 39.4 Å². The van der Waals surface area contributed by atoms with Crippen molar-refractivity contribution in [3.05, 3.63) is 47.4 Å². The third kappa shape index (κ3) is 5.14. The maximum atomic E-state index is 6.13. The minimum Gasteiger partial charge on any atom is -0.481 e. The van der Waals surface area contributed by atoms with Crippen molar-refractivity contribution in [2.24, 2.45) is 0 Å². The molecule has 27 heavy (non-hydrogen) atoms. The first-order valence-corrected chi connectivity index (χ1v) is 9.56. The molecule has 1 N–H and O–H groups in total. The van der Waals surface area contributed by atoms with Crippen LogP contribution in [-0.2, 0) is 11.3 Å². The molecular formula is C20H26N4O2S. The summed E-state index contributed by atoms with van der Waals surface area (Å²) in [6.45, 7) is 6.54. The summed E-state index contributed by atoms with van der Waals surface area (Å²) in [5, 5.41) is 3.96. The van der Waals surface area contributed by atoms with Crippen LogP contribution in [0.15, 0.2) is 30.6 Å². The number of hydrogen-bond acceptors (Lipinski definition) is 5. The molecule has 144 valence electrons. The third-order valence-electron chi connectivity index (χ3n) is 4.97. The van der Waals surface area contributed by atoms with E-state index in [0.29, 0.717) is 12.5 Å². The van der Waals surface area contributed by atoms with Crippen LogP contribution in [-0.4, -0.2) is 46.3 Å². The van der Waals surface area contributed by atoms with Crippen LogP contribution in [0.2, 0.25) is 0 Å². The van der Waals surface area contributed by atoms with Crippen LogP contribution in [0.25, 0.3) is 0 Å². The second-order valence-corrected chi connectivity index (χ2v) is 7.08. The molecule has 0 aliphatic carbocycles. The highest BCUT2D eigenvalue weighted by molar-refractivity contribution is 7.80. The molecule has 1 fully saturated rings. The molecular weight excluding hydrogens is 360 g/mol. The SMILES string of the molecule is COc1ccc(NC(=S)N2CCC(OCc3ccnc(C)c3C)CC2)cn1. The van der Waals surface area contributed by atoms with E-state index in [1.807, 2.05) is 31.3 Å². The van der Waals surface area contributed by atoms with Gasteiger partial charge >= 0.3 is 0 Å². The Hall–Kier alpha value is -2.25. The highest BCUT2D eigenvalue weighted by atomic mass is 32.1. The number of piperidine rings is 1. The lowest BCUT2D eigenvalue weighted by atomic mass is 10.1. The summed E-state index contributed by atoms with van der Waals surface area (Å²) in [6.07, 6.45) is 5.76. The minimum absolute atomic E-state index is 0.263. The predicted molar refractivity (Wildman–Crippen MR) is 110 cm³/mol. The van der Waals surface area contributed by atoms with Gasteiger partial charge in [-0.25, -0.2) is 4.98 Å². The first-order chi connectivity index (χ1) is 13.1. The number of methoxy groups -OCH3 is 1. The van der Waals surface area contributed by atoms with Gasteiger partial charge in [0.15, 0.2) is 5.11 Å². The summed E-state index contributed by atoms with van der Waals surface area (Å²) < 4.78 is 11.2. The number of nitrogens with zero attached hydrogens (tertiary/aromatic N) is 3. The second-order valence-electron chi connectivity index (χ2n) is 6.70. The molecule has 2 aromatic heterocycles. The van der Waals surface area contributed by atoms with Crippen molar-refractivity contribution in [1.82, 2.24) is 14.9 Å². The number of aryl methyl sites for hydroxylation is 1. The van der Waals surface area contributed by atoms with Gasteiger partial charge in [-0.2, -0.15) is 0 Å². The fourth-order valence-corrected chi connectivity index (χ4v) is 3.36. The molecule has 6 nitrogen and oxygen atoms in total. The van der Waals surface area contributed by atoms with Crippen LogP contribution >= 0.6 is 12.2 Å². The Morgan fingerprint density at radius 1 is 1.22 bits per heavy atom. The van der Waals surface area contributed by atoms with Gasteiger partial charge in [0.25, 0.3) is 0 Å². The van der Waals surface area contributed by atoms with E-state index < -0.39 is 0 Å². The molecule has 0 aromatic carbocycles. The highest BCUT2D eigenvalue weighted by Crippen LogP contribution is 2.19. The van der Waals surface area contributed by atoms with Crippen molar-refractivity contribution in [3.63, 3.8) is 0 Å². The molecule has 3 rings (SSSR count). The Morgan fingerprint density at radius 2 is 2.00 bits per heavy atom. The molecule has 1 aliphatic rings. The highest BCUT2D eigenvalue weighted by Gasteiger charge is 2.21. The van der Waals surface area contributed by atoms with E-state index in [2.05, 4.69) is 27.1 Å². The summed E-state index contributed by atoms with van der Waals surface area (Å²) >= 11 is 5.54. The van der Waals surface area contributed by atoms with E-state index >= 15 is 0 Å². The van der Waals surface area contributed by atoms with Gasteiger partial charge in [0.1, 0.15) is 0 Å². The van der Waals surface area contributed by atoms with E-state index in [-0.39, 0.29) is 6.10 Å². The molecule has 1 saturated heterocycles. The summed E-state index contributed by atoms with van der Waals surface area (Å²) in [4.78, 5) is 10.7. The van der Waals surface area contributed by atoms with Gasteiger partial charge in [0.2, 0.25) is 5.88 Å². The first-order valence-electron chi connectivity index (χ1n) is 9.15. The van der Waals surface area contributed by atoms with Crippen molar-refractivity contribution < 1.29 is 9.47 Å². The van der Waals surface area contributed by atoms with Gasteiger partial charge in [-0.3, -0.25) is 4.98 Å². The van der Waals surface area contributed by atoms with Crippen LogP contribution < -0.4 is 10.1 Å². The largest absolute Gasteiger partial charge is 0.481 e. The molecule has 2 aromatic rings. The first kappa shape index (κ1) is 19.5. The second kappa shape index (κ2) is 9.10. The molecule has 0 bridgehead atoms. The molecule has 0 unspecified atom stereocenters. The number of pyridine rings is 2. The number of thiocarbonyl (C=S) groups is 1. The van der Waals surface area contributed by atoms with Crippen molar-refractivity contribution in [1.29, 1.82) is 0 Å². The lowest BCUT2D eigenvalue weighted by molar-refractivity contribution is 0.00843. The molecule has 7 heteroatoms. The van der Waals surface area contributed by atoms with Gasteiger partial charge in [-0.15, -0.1) is 0 Å². The monoisotopic (exact) mass is 386 g/mol. The zero-order chi connectivity index (χ0) is 19.2. The van der Waals surface area contributed by atoms with Crippen molar-refractivity contribution in [3.8, 4) is 5.88 Å². The summed E-state index contributed by atoms with van der Waals surface area (Å²) in [5.41, 5.74) is 4.36. The average Bonchev–Trinajstić information content (AvgIpc) is 2.70. The van der Waals surface area contributed by atoms with Crippen LogP contribution in [0, 0.1) is 13.8 Å². The summed E-state index contributed by atoms with van der Waals surface area (Å²) in [6, 6.07) is 5.76. The fourth-order valence-electron chi connectivity index (χ4n) is 3.06. The molecule has 3 heterocycles. The van der Waals surface area contributed by atoms with Gasteiger partial charge in [0, 0.05) is 31.0 Å². The Bertz CT molecular complexity index is 774. The van der Waals surface area contributed by atoms with E-state index in [0.717, 1.165) is 42.4 Å². The van der Waals surface area contributed by atoms with E-state index in [9.17, 15) is 0 Å².